The molecule has 0 bridgehead atoms. The highest BCUT2D eigenvalue weighted by molar-refractivity contribution is 6.77. The van der Waals surface area contributed by atoms with Gasteiger partial charge in [-0.05, 0) is 6.42 Å². The van der Waals surface area contributed by atoms with Crippen molar-refractivity contribution in [3.05, 3.63) is 0 Å². The topological polar surface area (TPSA) is 35.5 Å². The van der Waals surface area contributed by atoms with Gasteiger partial charge in [0.2, 0.25) is 0 Å². The molecule has 3 nitrogen and oxygen atoms in total. The van der Waals surface area contributed by atoms with Crippen LogP contribution in [0.15, 0.2) is 0 Å². The molecule has 1 saturated heterocycles. The SMILES string of the molecule is COC(=O)[C@@H]1CCO[C@@H]1[Si](C)(C)C. The van der Waals surface area contributed by atoms with Crippen LogP contribution < -0.4 is 0 Å². The van der Waals surface area contributed by atoms with Crippen molar-refractivity contribution >= 4 is 14.0 Å². The van der Waals surface area contributed by atoms with Crippen molar-refractivity contribution in [3.63, 3.8) is 0 Å². The van der Waals surface area contributed by atoms with E-state index in [0.29, 0.717) is 6.61 Å². The van der Waals surface area contributed by atoms with Gasteiger partial charge in [0.1, 0.15) is 0 Å². The second-order valence-corrected chi connectivity index (χ2v) is 9.88. The normalized spacial score (nSPS) is 28.9. The van der Waals surface area contributed by atoms with Gasteiger partial charge in [-0.25, -0.2) is 0 Å². The van der Waals surface area contributed by atoms with Crippen LogP contribution >= 0.6 is 0 Å². The average molecular weight is 202 g/mol. The summed E-state index contributed by atoms with van der Waals surface area (Å²) in [6.07, 6.45) is 0.821. The van der Waals surface area contributed by atoms with E-state index < -0.39 is 8.07 Å². The second-order valence-electron chi connectivity index (χ2n) is 4.58. The Kier molecular flexibility index (Phi) is 3.13. The molecule has 1 aliphatic heterocycles. The first-order chi connectivity index (χ1) is 5.96. The standard InChI is InChI=1S/C9H18O3Si/c1-11-8(10)7-5-6-12-9(7)13(2,3)4/h7,9H,5-6H2,1-4H3/t7-,9+/m0/s1. The van der Waals surface area contributed by atoms with Crippen LogP contribution in [0.2, 0.25) is 19.6 Å². The second kappa shape index (κ2) is 3.80. The summed E-state index contributed by atoms with van der Waals surface area (Å²) >= 11 is 0. The minimum atomic E-state index is -1.39. The van der Waals surface area contributed by atoms with Crippen molar-refractivity contribution in [2.24, 2.45) is 5.92 Å². The Bertz CT molecular complexity index is 198. The summed E-state index contributed by atoms with van der Waals surface area (Å²) in [7, 11) is 0.0570. The first kappa shape index (κ1) is 10.7. The molecule has 1 aliphatic rings. The largest absolute Gasteiger partial charge is 0.469 e. The van der Waals surface area contributed by atoms with Crippen LogP contribution in [-0.2, 0) is 14.3 Å². The van der Waals surface area contributed by atoms with E-state index in [9.17, 15) is 4.79 Å². The summed E-state index contributed by atoms with van der Waals surface area (Å²) in [5.74, 6) is -0.124. The molecule has 76 valence electrons. The lowest BCUT2D eigenvalue weighted by molar-refractivity contribution is -0.146. The van der Waals surface area contributed by atoms with Crippen molar-refractivity contribution in [2.75, 3.05) is 13.7 Å². The third-order valence-corrected chi connectivity index (χ3v) is 4.73. The highest BCUT2D eigenvalue weighted by Crippen LogP contribution is 2.29. The van der Waals surface area contributed by atoms with E-state index >= 15 is 0 Å². The maximum absolute atomic E-state index is 11.4. The predicted molar refractivity (Wildman–Crippen MR) is 53.2 cm³/mol. The molecule has 1 heterocycles. The molecule has 0 aromatic heterocycles. The molecule has 0 aromatic rings. The van der Waals surface area contributed by atoms with Crippen LogP contribution in [0.5, 0.6) is 0 Å². The molecule has 0 radical (unpaired) electrons. The Labute approximate surface area is 80.4 Å². The van der Waals surface area contributed by atoms with Crippen LogP contribution in [0.1, 0.15) is 6.42 Å². The third-order valence-electron chi connectivity index (χ3n) is 2.45. The van der Waals surface area contributed by atoms with Crippen LogP contribution in [0, 0.1) is 5.92 Å². The fourth-order valence-corrected chi connectivity index (χ4v) is 3.96. The summed E-state index contributed by atoms with van der Waals surface area (Å²) in [5.41, 5.74) is 0.139. The Morgan fingerprint density at radius 2 is 2.08 bits per heavy atom. The van der Waals surface area contributed by atoms with E-state index in [0.717, 1.165) is 6.42 Å². The number of methoxy groups -OCH3 is 1. The Morgan fingerprint density at radius 3 is 2.54 bits per heavy atom. The summed E-state index contributed by atoms with van der Waals surface area (Å²) in [6.45, 7) is 7.37. The van der Waals surface area contributed by atoms with Gasteiger partial charge in [0, 0.05) is 6.61 Å². The number of esters is 1. The first-order valence-corrected chi connectivity index (χ1v) is 8.24. The smallest absolute Gasteiger partial charge is 0.311 e. The number of carbonyl (C=O) groups excluding carboxylic acids is 1. The zero-order chi connectivity index (χ0) is 10.1. The van der Waals surface area contributed by atoms with E-state index in [4.69, 9.17) is 9.47 Å². The van der Waals surface area contributed by atoms with E-state index in [1.54, 1.807) is 0 Å². The van der Waals surface area contributed by atoms with Gasteiger partial charge in [0.25, 0.3) is 0 Å². The maximum Gasteiger partial charge on any atom is 0.311 e. The van der Waals surface area contributed by atoms with Crippen LogP contribution in [0.3, 0.4) is 0 Å². The van der Waals surface area contributed by atoms with Gasteiger partial charge in [0.15, 0.2) is 0 Å². The quantitative estimate of drug-likeness (QED) is 0.502. The first-order valence-electron chi connectivity index (χ1n) is 4.66. The molecular weight excluding hydrogens is 184 g/mol. The lowest BCUT2D eigenvalue weighted by Crippen LogP contribution is -2.44. The van der Waals surface area contributed by atoms with Crippen molar-refractivity contribution in [3.8, 4) is 0 Å². The molecule has 1 rings (SSSR count). The van der Waals surface area contributed by atoms with Crippen molar-refractivity contribution in [1.29, 1.82) is 0 Å². The van der Waals surface area contributed by atoms with Gasteiger partial charge in [-0.2, -0.15) is 0 Å². The van der Waals surface area contributed by atoms with Crippen molar-refractivity contribution < 1.29 is 14.3 Å². The maximum atomic E-state index is 11.4. The number of carbonyl (C=O) groups is 1. The number of ether oxygens (including phenoxy) is 2. The fraction of sp³-hybridized carbons (Fsp3) is 0.889. The Morgan fingerprint density at radius 1 is 1.46 bits per heavy atom. The Hall–Kier alpha value is -0.353. The summed E-state index contributed by atoms with van der Waals surface area (Å²) in [6, 6.07) is 0. The van der Waals surface area contributed by atoms with Gasteiger partial charge in [0.05, 0.1) is 26.8 Å². The number of rotatable bonds is 2. The third kappa shape index (κ3) is 2.31. The lowest BCUT2D eigenvalue weighted by atomic mass is 10.1. The molecule has 0 N–H and O–H groups in total. The fourth-order valence-electron chi connectivity index (χ4n) is 1.84. The van der Waals surface area contributed by atoms with E-state index in [1.807, 2.05) is 0 Å². The molecule has 0 aromatic carbocycles. The molecule has 1 fully saturated rings. The van der Waals surface area contributed by atoms with Gasteiger partial charge in [-0.1, -0.05) is 19.6 Å². The molecule has 0 aliphatic carbocycles. The molecule has 0 saturated carbocycles. The van der Waals surface area contributed by atoms with Gasteiger partial charge in [-0.3, -0.25) is 4.79 Å². The van der Waals surface area contributed by atoms with Crippen LogP contribution in [-0.4, -0.2) is 33.5 Å². The Balaban J connectivity index is 2.70. The van der Waals surface area contributed by atoms with Crippen molar-refractivity contribution in [1.82, 2.24) is 0 Å². The van der Waals surface area contributed by atoms with E-state index in [2.05, 4.69) is 19.6 Å². The van der Waals surface area contributed by atoms with Crippen LogP contribution in [0.25, 0.3) is 0 Å². The minimum Gasteiger partial charge on any atom is -0.469 e. The summed E-state index contributed by atoms with van der Waals surface area (Å²) < 4.78 is 10.4. The average Bonchev–Trinajstić information content (AvgIpc) is 2.49. The highest BCUT2D eigenvalue weighted by atomic mass is 28.3. The zero-order valence-corrected chi connectivity index (χ0v) is 9.79. The molecule has 13 heavy (non-hydrogen) atoms. The van der Waals surface area contributed by atoms with Gasteiger partial charge < -0.3 is 9.47 Å². The highest BCUT2D eigenvalue weighted by Gasteiger charge is 2.42. The molecule has 0 unspecified atom stereocenters. The monoisotopic (exact) mass is 202 g/mol. The van der Waals surface area contributed by atoms with Crippen LogP contribution in [0.4, 0.5) is 0 Å². The molecule has 2 atom stereocenters. The summed E-state index contributed by atoms with van der Waals surface area (Å²) in [4.78, 5) is 11.4. The number of hydrogen-bond acceptors (Lipinski definition) is 3. The van der Waals surface area contributed by atoms with Crippen molar-refractivity contribution in [2.45, 2.75) is 31.8 Å². The number of hydrogen-bond donors (Lipinski definition) is 0. The van der Waals surface area contributed by atoms with Gasteiger partial charge in [-0.15, -0.1) is 0 Å². The molecule has 0 amide bonds. The summed E-state index contributed by atoms with van der Waals surface area (Å²) in [5, 5.41) is 0. The van der Waals surface area contributed by atoms with E-state index in [1.165, 1.54) is 7.11 Å². The minimum absolute atomic E-state index is 0.0170. The molecule has 0 spiro atoms. The lowest BCUT2D eigenvalue weighted by Gasteiger charge is -2.27. The van der Waals surface area contributed by atoms with Gasteiger partial charge >= 0.3 is 5.97 Å². The van der Waals surface area contributed by atoms with E-state index in [-0.39, 0.29) is 17.6 Å². The molecular formula is C9H18O3Si. The molecule has 4 heteroatoms. The zero-order valence-electron chi connectivity index (χ0n) is 8.79. The predicted octanol–water partition coefficient (Wildman–Crippen LogP) is 1.44.